The Morgan fingerprint density at radius 2 is 2.10 bits per heavy atom. The monoisotopic (exact) mass is 288 g/mol. The number of hydrogen-bond acceptors (Lipinski definition) is 7. The van der Waals surface area contributed by atoms with Crippen molar-refractivity contribution >= 4 is 11.6 Å². The molecule has 2 aromatic heterocycles. The zero-order valence-electron chi connectivity index (χ0n) is 12.5. The van der Waals surface area contributed by atoms with Crippen molar-refractivity contribution in [1.82, 2.24) is 15.0 Å². The van der Waals surface area contributed by atoms with Gasteiger partial charge in [0.15, 0.2) is 5.82 Å². The zero-order valence-corrected chi connectivity index (χ0v) is 12.5. The van der Waals surface area contributed by atoms with Gasteiger partial charge in [0, 0.05) is 25.9 Å². The van der Waals surface area contributed by atoms with Crippen LogP contribution in [0.4, 0.5) is 11.6 Å². The van der Waals surface area contributed by atoms with Crippen LogP contribution in [0.1, 0.15) is 17.2 Å². The molecular formula is C14H20N6O. The van der Waals surface area contributed by atoms with E-state index in [-0.39, 0.29) is 0 Å². The summed E-state index contributed by atoms with van der Waals surface area (Å²) in [7, 11) is 3.55. The molecular weight excluding hydrogens is 268 g/mol. The van der Waals surface area contributed by atoms with E-state index in [1.807, 2.05) is 37.1 Å². The van der Waals surface area contributed by atoms with Crippen LogP contribution in [0.25, 0.3) is 0 Å². The van der Waals surface area contributed by atoms with E-state index in [0.29, 0.717) is 24.8 Å². The highest BCUT2D eigenvalue weighted by molar-refractivity contribution is 5.48. The molecule has 0 aliphatic carbocycles. The highest BCUT2D eigenvalue weighted by Crippen LogP contribution is 2.16. The van der Waals surface area contributed by atoms with Gasteiger partial charge in [-0.2, -0.15) is 0 Å². The predicted octanol–water partition coefficient (Wildman–Crippen LogP) is 1.25. The van der Waals surface area contributed by atoms with Crippen molar-refractivity contribution < 1.29 is 4.74 Å². The molecule has 0 bridgehead atoms. The average molecular weight is 288 g/mol. The molecule has 0 atom stereocenters. The van der Waals surface area contributed by atoms with Crippen molar-refractivity contribution in [2.75, 3.05) is 24.5 Å². The topological polar surface area (TPSA) is 89.2 Å². The number of hydrogen-bond donors (Lipinski definition) is 2. The second-order valence-corrected chi connectivity index (χ2v) is 4.73. The number of anilines is 2. The minimum Gasteiger partial charge on any atom is -0.377 e. The number of aromatic nitrogens is 3. The Kier molecular flexibility index (Phi) is 5.02. The van der Waals surface area contributed by atoms with E-state index in [0.717, 1.165) is 17.2 Å². The van der Waals surface area contributed by atoms with Gasteiger partial charge in [0.1, 0.15) is 18.2 Å². The van der Waals surface area contributed by atoms with Crippen LogP contribution in [0.5, 0.6) is 0 Å². The van der Waals surface area contributed by atoms with E-state index < -0.39 is 0 Å². The Balaban J connectivity index is 2.21. The Bertz CT molecular complexity index is 604. The Hall–Kier alpha value is -2.25. The van der Waals surface area contributed by atoms with Gasteiger partial charge in [0.2, 0.25) is 0 Å². The molecule has 0 aromatic carbocycles. The molecule has 0 unspecified atom stereocenters. The molecule has 7 heteroatoms. The summed E-state index contributed by atoms with van der Waals surface area (Å²) >= 11 is 0. The molecule has 112 valence electrons. The first-order chi connectivity index (χ1) is 10.1. The molecule has 0 radical (unpaired) electrons. The lowest BCUT2D eigenvalue weighted by atomic mass is 10.3. The fraction of sp³-hybridized carbons (Fsp3) is 0.357. The molecule has 0 aliphatic heterocycles. The third kappa shape index (κ3) is 4.11. The van der Waals surface area contributed by atoms with Crippen molar-refractivity contribution in [1.29, 1.82) is 0 Å². The number of methoxy groups -OCH3 is 1. The molecule has 0 spiro atoms. The minimum atomic E-state index is 0.332. The molecule has 21 heavy (non-hydrogen) atoms. The van der Waals surface area contributed by atoms with E-state index in [1.165, 1.54) is 0 Å². The first-order valence-electron chi connectivity index (χ1n) is 6.59. The van der Waals surface area contributed by atoms with Crippen LogP contribution < -0.4 is 16.2 Å². The number of nitrogen functional groups attached to an aromatic ring is 1. The van der Waals surface area contributed by atoms with Gasteiger partial charge >= 0.3 is 0 Å². The summed E-state index contributed by atoms with van der Waals surface area (Å²) in [6.45, 7) is 2.95. The van der Waals surface area contributed by atoms with Crippen LogP contribution in [-0.4, -0.2) is 29.1 Å². The molecule has 7 nitrogen and oxygen atoms in total. The van der Waals surface area contributed by atoms with Crippen molar-refractivity contribution in [2.45, 2.75) is 20.1 Å². The second kappa shape index (κ2) is 6.96. The number of rotatable bonds is 6. The lowest BCUT2D eigenvalue weighted by Crippen LogP contribution is -2.21. The molecule has 0 saturated carbocycles. The third-order valence-corrected chi connectivity index (χ3v) is 2.92. The van der Waals surface area contributed by atoms with Crippen molar-refractivity contribution in [3.8, 4) is 0 Å². The number of pyridine rings is 1. The first kappa shape index (κ1) is 15.1. The quantitative estimate of drug-likeness (QED) is 0.610. The molecule has 3 N–H and O–H groups in total. The molecule has 2 rings (SSSR count). The van der Waals surface area contributed by atoms with Crippen molar-refractivity contribution in [2.24, 2.45) is 5.84 Å². The molecule has 0 saturated heterocycles. The van der Waals surface area contributed by atoms with Crippen LogP contribution in [0, 0.1) is 6.92 Å². The Labute approximate surface area is 124 Å². The van der Waals surface area contributed by atoms with Crippen molar-refractivity contribution in [3.63, 3.8) is 0 Å². The standard InChI is InChI=1S/C14H20N6O/c1-10-5-4-6-11(16-10)8-20(2)14-7-12(19-15)17-13(18-14)9-21-3/h4-7H,8-9,15H2,1-3H3,(H,17,18,19). The van der Waals surface area contributed by atoms with E-state index in [4.69, 9.17) is 10.6 Å². The minimum absolute atomic E-state index is 0.332. The van der Waals surface area contributed by atoms with Crippen LogP contribution >= 0.6 is 0 Å². The molecule has 2 aromatic rings. The van der Waals surface area contributed by atoms with Crippen LogP contribution in [-0.2, 0) is 17.9 Å². The highest BCUT2D eigenvalue weighted by atomic mass is 16.5. The normalized spacial score (nSPS) is 10.5. The summed E-state index contributed by atoms with van der Waals surface area (Å²) in [4.78, 5) is 15.2. The molecule has 0 fully saturated rings. The second-order valence-electron chi connectivity index (χ2n) is 4.73. The van der Waals surface area contributed by atoms with Crippen LogP contribution in [0.2, 0.25) is 0 Å². The largest absolute Gasteiger partial charge is 0.377 e. The van der Waals surface area contributed by atoms with Gasteiger partial charge in [-0.3, -0.25) is 4.98 Å². The molecule has 2 heterocycles. The first-order valence-corrected chi connectivity index (χ1v) is 6.59. The van der Waals surface area contributed by atoms with Gasteiger partial charge in [-0.05, 0) is 19.1 Å². The number of nitrogens with zero attached hydrogens (tertiary/aromatic N) is 4. The van der Waals surface area contributed by atoms with Gasteiger partial charge < -0.3 is 15.1 Å². The lowest BCUT2D eigenvalue weighted by Gasteiger charge is -2.19. The Morgan fingerprint density at radius 1 is 1.29 bits per heavy atom. The summed E-state index contributed by atoms with van der Waals surface area (Å²) in [5.74, 6) is 7.33. The van der Waals surface area contributed by atoms with Gasteiger partial charge in [-0.1, -0.05) is 6.07 Å². The average Bonchev–Trinajstić information content (AvgIpc) is 2.47. The maximum absolute atomic E-state index is 5.44. The summed E-state index contributed by atoms with van der Waals surface area (Å²) in [6.07, 6.45) is 0. The van der Waals surface area contributed by atoms with Crippen molar-refractivity contribution in [3.05, 3.63) is 41.5 Å². The molecule has 0 amide bonds. The fourth-order valence-corrected chi connectivity index (χ4v) is 1.96. The van der Waals surface area contributed by atoms with E-state index in [2.05, 4.69) is 20.4 Å². The summed E-state index contributed by atoms with van der Waals surface area (Å²) < 4.78 is 5.07. The summed E-state index contributed by atoms with van der Waals surface area (Å²) in [6, 6.07) is 7.74. The van der Waals surface area contributed by atoms with Crippen LogP contribution in [0.15, 0.2) is 24.3 Å². The predicted molar refractivity (Wildman–Crippen MR) is 81.6 cm³/mol. The van der Waals surface area contributed by atoms with E-state index in [1.54, 1.807) is 13.2 Å². The smallest absolute Gasteiger partial charge is 0.158 e. The van der Waals surface area contributed by atoms with Gasteiger partial charge in [0.05, 0.1) is 12.2 Å². The lowest BCUT2D eigenvalue weighted by molar-refractivity contribution is 0.178. The van der Waals surface area contributed by atoms with E-state index in [9.17, 15) is 0 Å². The number of aryl methyl sites for hydroxylation is 1. The van der Waals surface area contributed by atoms with Crippen LogP contribution in [0.3, 0.4) is 0 Å². The maximum atomic E-state index is 5.44. The number of nitrogens with two attached hydrogens (primary N) is 1. The summed E-state index contributed by atoms with van der Waals surface area (Å²) in [5, 5.41) is 0. The zero-order chi connectivity index (χ0) is 15.2. The van der Waals surface area contributed by atoms with Gasteiger partial charge in [0.25, 0.3) is 0 Å². The summed E-state index contributed by atoms with van der Waals surface area (Å²) in [5.41, 5.74) is 4.52. The maximum Gasteiger partial charge on any atom is 0.158 e. The Morgan fingerprint density at radius 3 is 2.76 bits per heavy atom. The van der Waals surface area contributed by atoms with Gasteiger partial charge in [-0.25, -0.2) is 15.8 Å². The third-order valence-electron chi connectivity index (χ3n) is 2.92. The van der Waals surface area contributed by atoms with Gasteiger partial charge in [-0.15, -0.1) is 0 Å². The highest BCUT2D eigenvalue weighted by Gasteiger charge is 2.09. The fourth-order valence-electron chi connectivity index (χ4n) is 1.96. The SMILES string of the molecule is COCc1nc(NN)cc(N(C)Cc2cccc(C)n2)n1. The number of ether oxygens (including phenoxy) is 1. The number of hydrazine groups is 1. The number of nitrogens with one attached hydrogen (secondary N) is 1. The molecule has 0 aliphatic rings. The van der Waals surface area contributed by atoms with E-state index >= 15 is 0 Å².